The molecule has 0 N–H and O–H groups in total. The van der Waals surface area contributed by atoms with Crippen molar-refractivity contribution >= 4 is 0 Å². The van der Waals surface area contributed by atoms with Crippen molar-refractivity contribution in [2.45, 2.75) is 59.5 Å². The Kier molecular flexibility index (Phi) is 11.4. The van der Waals surface area contributed by atoms with Crippen molar-refractivity contribution in [1.29, 1.82) is 0 Å². The fourth-order valence-corrected chi connectivity index (χ4v) is 3.28. The predicted octanol–water partition coefficient (Wildman–Crippen LogP) is 6.38. The van der Waals surface area contributed by atoms with Gasteiger partial charge in [0.25, 0.3) is 0 Å². The summed E-state index contributed by atoms with van der Waals surface area (Å²) in [6.07, 6.45) is 17.9. The maximum Gasteiger partial charge on any atom is 0.124 e. The first-order valence-corrected chi connectivity index (χ1v) is 11.0. The highest BCUT2D eigenvalue weighted by molar-refractivity contribution is 5.49. The van der Waals surface area contributed by atoms with Crippen molar-refractivity contribution in [1.82, 2.24) is 14.7 Å². The fraction of sp³-hybridized carbons (Fsp3) is 0.520. The van der Waals surface area contributed by atoms with Crippen LogP contribution in [-0.2, 0) is 0 Å². The van der Waals surface area contributed by atoms with E-state index in [0.29, 0.717) is 6.42 Å². The van der Waals surface area contributed by atoms with Crippen molar-refractivity contribution in [3.63, 3.8) is 0 Å². The molecule has 0 radical (unpaired) electrons. The summed E-state index contributed by atoms with van der Waals surface area (Å²) in [7, 11) is 4.34. The molecule has 0 aliphatic carbocycles. The van der Waals surface area contributed by atoms with E-state index in [1.165, 1.54) is 24.6 Å². The Morgan fingerprint density at radius 3 is 2.55 bits per heavy atom. The standard InChI is InChI=1S/C23H34FN3.C2H6/c1-6-9-15-25(4)16-14-22-18-27-17-20(11-13-23(27)26(22)5)19(7-2)10-12-21(24)8-3;1-2/h7,10-13,17-18,23H,2,6,8-9,14-16H2,1,3-5H3;1-2H3/b19-10+,21-12+;. The largest absolute Gasteiger partial charge is 0.353 e. The zero-order valence-corrected chi connectivity index (χ0v) is 19.3. The molecule has 0 saturated carbocycles. The molecule has 0 aromatic heterocycles. The topological polar surface area (TPSA) is 9.72 Å². The van der Waals surface area contributed by atoms with Gasteiger partial charge < -0.3 is 14.7 Å². The molecule has 0 fully saturated rings. The molecule has 0 bridgehead atoms. The van der Waals surface area contributed by atoms with E-state index >= 15 is 0 Å². The number of hydrogen-bond acceptors (Lipinski definition) is 3. The van der Waals surface area contributed by atoms with Crippen molar-refractivity contribution in [2.75, 3.05) is 27.2 Å². The van der Waals surface area contributed by atoms with Gasteiger partial charge in [0.05, 0.1) is 5.83 Å². The van der Waals surface area contributed by atoms with Crippen molar-refractivity contribution < 1.29 is 4.39 Å². The van der Waals surface area contributed by atoms with E-state index in [1.807, 2.05) is 20.8 Å². The van der Waals surface area contributed by atoms with E-state index in [1.54, 1.807) is 12.2 Å². The summed E-state index contributed by atoms with van der Waals surface area (Å²) in [5.74, 6) is -0.122. The van der Waals surface area contributed by atoms with Gasteiger partial charge in [0, 0.05) is 38.1 Å². The second-order valence-corrected chi connectivity index (χ2v) is 7.24. The Morgan fingerprint density at radius 2 is 1.93 bits per heavy atom. The average molecular weight is 402 g/mol. The summed E-state index contributed by atoms with van der Waals surface area (Å²) in [6.45, 7) is 14.1. The minimum atomic E-state index is -0.122. The van der Waals surface area contributed by atoms with Crippen LogP contribution in [0.1, 0.15) is 53.4 Å². The Hall–Kier alpha value is -2.07. The van der Waals surface area contributed by atoms with Crippen molar-refractivity contribution in [3.05, 3.63) is 72.0 Å². The van der Waals surface area contributed by atoms with Crippen LogP contribution in [0.15, 0.2) is 72.0 Å². The van der Waals surface area contributed by atoms with Crippen LogP contribution < -0.4 is 0 Å². The zero-order chi connectivity index (χ0) is 21.8. The number of rotatable bonds is 10. The first kappa shape index (κ1) is 25.0. The summed E-state index contributed by atoms with van der Waals surface area (Å²) in [4.78, 5) is 6.96. The quantitative estimate of drug-likeness (QED) is 0.393. The molecule has 1 atom stereocenters. The van der Waals surface area contributed by atoms with Gasteiger partial charge in [-0.3, -0.25) is 0 Å². The molecular weight excluding hydrogens is 361 g/mol. The van der Waals surface area contributed by atoms with Crippen molar-refractivity contribution in [3.8, 4) is 0 Å². The molecule has 2 heterocycles. The van der Waals surface area contributed by atoms with Crippen LogP contribution >= 0.6 is 0 Å². The van der Waals surface area contributed by atoms with Crippen LogP contribution in [0.2, 0.25) is 0 Å². The van der Waals surface area contributed by atoms with Crippen LogP contribution in [0, 0.1) is 0 Å². The van der Waals surface area contributed by atoms with Gasteiger partial charge in [-0.05, 0) is 49.7 Å². The maximum atomic E-state index is 13.5. The molecular formula is C25H40FN3. The van der Waals surface area contributed by atoms with Gasteiger partial charge in [0.15, 0.2) is 0 Å². The van der Waals surface area contributed by atoms with Crippen LogP contribution in [-0.4, -0.2) is 48.1 Å². The van der Waals surface area contributed by atoms with Gasteiger partial charge in [0.1, 0.15) is 6.17 Å². The summed E-state index contributed by atoms with van der Waals surface area (Å²) in [6, 6.07) is 0. The van der Waals surface area contributed by atoms with Gasteiger partial charge in [-0.1, -0.05) is 58.9 Å². The molecule has 2 aliphatic heterocycles. The number of nitrogens with zero attached hydrogens (tertiary/aromatic N) is 3. The molecule has 0 spiro atoms. The number of likely N-dealkylation sites (N-methyl/N-ethyl adjacent to an activating group) is 1. The summed E-state index contributed by atoms with van der Waals surface area (Å²) in [5, 5.41) is 0. The molecule has 2 aliphatic rings. The summed E-state index contributed by atoms with van der Waals surface area (Å²) in [5.41, 5.74) is 3.32. The van der Waals surface area contributed by atoms with E-state index in [2.05, 4.69) is 66.8 Å². The lowest BCUT2D eigenvalue weighted by Gasteiger charge is -2.30. The molecule has 4 heteroatoms. The number of halogens is 1. The van der Waals surface area contributed by atoms with Crippen LogP contribution in [0.4, 0.5) is 4.39 Å². The normalized spacial score (nSPS) is 19.0. The Morgan fingerprint density at radius 1 is 1.21 bits per heavy atom. The van der Waals surface area contributed by atoms with E-state index in [-0.39, 0.29) is 12.0 Å². The SMILES string of the molecule is C=C/C(=C\C=C(\F)CC)C1=CN2C=C(CCN(C)CCCC)N(C)C2C=C1.CC. The predicted molar refractivity (Wildman–Crippen MR) is 125 cm³/mol. The Bertz CT molecular complexity index is 670. The monoisotopic (exact) mass is 401 g/mol. The van der Waals surface area contributed by atoms with Crippen molar-refractivity contribution in [2.24, 2.45) is 0 Å². The maximum absolute atomic E-state index is 13.5. The molecule has 162 valence electrons. The third kappa shape index (κ3) is 7.36. The minimum Gasteiger partial charge on any atom is -0.353 e. The molecule has 0 amide bonds. The first-order chi connectivity index (χ1) is 14.0. The van der Waals surface area contributed by atoms with Gasteiger partial charge in [-0.25, -0.2) is 4.39 Å². The third-order valence-corrected chi connectivity index (χ3v) is 5.17. The zero-order valence-electron chi connectivity index (χ0n) is 19.3. The molecule has 1 unspecified atom stereocenters. The molecule has 29 heavy (non-hydrogen) atoms. The molecule has 3 nitrogen and oxygen atoms in total. The second-order valence-electron chi connectivity index (χ2n) is 7.24. The lowest BCUT2D eigenvalue weighted by molar-refractivity contribution is 0.250. The summed E-state index contributed by atoms with van der Waals surface area (Å²) < 4.78 is 13.5. The van der Waals surface area contributed by atoms with Gasteiger partial charge in [0.2, 0.25) is 0 Å². The highest BCUT2D eigenvalue weighted by Crippen LogP contribution is 2.30. The first-order valence-electron chi connectivity index (χ1n) is 11.0. The number of allylic oxidation sites excluding steroid dienone is 7. The molecule has 2 rings (SSSR count). The second kappa shape index (κ2) is 13.2. The van der Waals surface area contributed by atoms with Gasteiger partial charge >= 0.3 is 0 Å². The van der Waals surface area contributed by atoms with E-state index in [4.69, 9.17) is 0 Å². The number of fused-ring (bicyclic) bond motifs is 1. The highest BCUT2D eigenvalue weighted by Gasteiger charge is 2.28. The van der Waals surface area contributed by atoms with Crippen LogP contribution in [0.3, 0.4) is 0 Å². The molecule has 0 aromatic rings. The van der Waals surface area contributed by atoms with E-state index in [9.17, 15) is 4.39 Å². The lowest BCUT2D eigenvalue weighted by atomic mass is 10.0. The minimum absolute atomic E-state index is 0.122. The Labute approximate surface area is 178 Å². The lowest BCUT2D eigenvalue weighted by Crippen LogP contribution is -2.35. The average Bonchev–Trinajstić information content (AvgIpc) is 3.07. The number of hydrogen-bond donors (Lipinski definition) is 0. The summed E-state index contributed by atoms with van der Waals surface area (Å²) >= 11 is 0. The Balaban J connectivity index is 0.00000204. The number of unbranched alkanes of at least 4 members (excludes halogenated alkanes) is 1. The smallest absolute Gasteiger partial charge is 0.124 e. The fourth-order valence-electron chi connectivity index (χ4n) is 3.28. The van der Waals surface area contributed by atoms with E-state index in [0.717, 1.165) is 30.7 Å². The third-order valence-electron chi connectivity index (χ3n) is 5.17. The van der Waals surface area contributed by atoms with Gasteiger partial charge in [-0.2, -0.15) is 0 Å². The van der Waals surface area contributed by atoms with Crippen LogP contribution in [0.5, 0.6) is 0 Å². The highest BCUT2D eigenvalue weighted by atomic mass is 19.1. The molecule has 0 saturated heterocycles. The van der Waals surface area contributed by atoms with Crippen LogP contribution in [0.25, 0.3) is 0 Å². The van der Waals surface area contributed by atoms with E-state index < -0.39 is 0 Å². The molecule has 0 aromatic carbocycles. The van der Waals surface area contributed by atoms with Gasteiger partial charge in [-0.15, -0.1) is 0 Å².